The predicted molar refractivity (Wildman–Crippen MR) is 109 cm³/mol. The van der Waals surface area contributed by atoms with Gasteiger partial charge in [0.25, 0.3) is 5.91 Å². The molecule has 1 N–H and O–H groups in total. The van der Waals surface area contributed by atoms with Crippen LogP contribution in [0.1, 0.15) is 21.6 Å². The lowest BCUT2D eigenvalue weighted by Gasteiger charge is -2.12. The van der Waals surface area contributed by atoms with Gasteiger partial charge in [-0.3, -0.25) is 4.79 Å². The minimum absolute atomic E-state index is 0.266. The van der Waals surface area contributed by atoms with E-state index in [9.17, 15) is 4.79 Å². The van der Waals surface area contributed by atoms with Crippen molar-refractivity contribution in [1.29, 1.82) is 0 Å². The number of hydrogen-bond donors (Lipinski definition) is 1. The second-order valence-electron chi connectivity index (χ2n) is 6.35. The van der Waals surface area contributed by atoms with Crippen molar-refractivity contribution in [2.45, 2.75) is 13.5 Å². The molecule has 0 fully saturated rings. The van der Waals surface area contributed by atoms with E-state index in [1.807, 2.05) is 17.6 Å². The number of aromatic nitrogens is 1. The van der Waals surface area contributed by atoms with E-state index in [1.54, 1.807) is 30.5 Å². The predicted octanol–water partition coefficient (Wildman–Crippen LogP) is 6.15. The van der Waals surface area contributed by atoms with Gasteiger partial charge in [-0.2, -0.15) is 0 Å². The van der Waals surface area contributed by atoms with Crippen LogP contribution < -0.4 is 5.32 Å². The Morgan fingerprint density at radius 1 is 1.07 bits per heavy atom. The number of benzene rings is 2. The highest BCUT2D eigenvalue weighted by Gasteiger charge is 2.18. The second-order valence-corrected chi connectivity index (χ2v) is 7.19. The number of carbonyl (C=O) groups excluding carboxylic acids is 1. The topological polar surface area (TPSA) is 47.2 Å². The van der Waals surface area contributed by atoms with Crippen molar-refractivity contribution in [3.05, 3.63) is 87.7 Å². The van der Waals surface area contributed by atoms with Crippen LogP contribution in [0.25, 0.3) is 11.1 Å². The van der Waals surface area contributed by atoms with Gasteiger partial charge < -0.3 is 14.3 Å². The minimum Gasteiger partial charge on any atom is -0.463 e. The highest BCUT2D eigenvalue weighted by Crippen LogP contribution is 2.27. The van der Waals surface area contributed by atoms with Crippen LogP contribution in [0.2, 0.25) is 10.0 Å². The molecule has 4 rings (SSSR count). The maximum atomic E-state index is 12.9. The molecule has 0 aliphatic rings. The maximum Gasteiger partial charge on any atom is 0.272 e. The van der Waals surface area contributed by atoms with Crippen molar-refractivity contribution >= 4 is 45.9 Å². The summed E-state index contributed by atoms with van der Waals surface area (Å²) in [6.45, 7) is 2.60. The molecule has 1 amide bonds. The molecule has 0 saturated carbocycles. The van der Waals surface area contributed by atoms with Gasteiger partial charge in [-0.25, -0.2) is 0 Å². The molecule has 2 aromatic heterocycles. The molecule has 2 aromatic carbocycles. The number of carbonyl (C=O) groups is 1. The van der Waals surface area contributed by atoms with E-state index in [1.165, 1.54) is 5.56 Å². The fraction of sp³-hybridized carbons (Fsp3) is 0.0952. The van der Waals surface area contributed by atoms with Gasteiger partial charge >= 0.3 is 0 Å². The van der Waals surface area contributed by atoms with Gasteiger partial charge in [0, 0.05) is 23.7 Å². The molecule has 136 valence electrons. The lowest BCUT2D eigenvalue weighted by atomic mass is 10.1. The van der Waals surface area contributed by atoms with Gasteiger partial charge in [-0.05, 0) is 30.7 Å². The molecule has 0 atom stereocenters. The maximum absolute atomic E-state index is 12.9. The van der Waals surface area contributed by atoms with E-state index >= 15 is 0 Å². The third-order valence-electron chi connectivity index (χ3n) is 4.40. The third-order valence-corrected chi connectivity index (χ3v) is 4.94. The van der Waals surface area contributed by atoms with Crippen LogP contribution in [-0.4, -0.2) is 10.5 Å². The Morgan fingerprint density at radius 3 is 2.59 bits per heavy atom. The smallest absolute Gasteiger partial charge is 0.272 e. The lowest BCUT2D eigenvalue weighted by molar-refractivity contribution is 0.101. The van der Waals surface area contributed by atoms with E-state index in [2.05, 4.69) is 29.6 Å². The molecule has 2 heterocycles. The van der Waals surface area contributed by atoms with Crippen LogP contribution in [0.3, 0.4) is 0 Å². The first-order chi connectivity index (χ1) is 13.0. The monoisotopic (exact) mass is 398 g/mol. The Morgan fingerprint density at radius 2 is 1.85 bits per heavy atom. The first-order valence-electron chi connectivity index (χ1n) is 8.40. The number of rotatable bonds is 4. The van der Waals surface area contributed by atoms with E-state index < -0.39 is 0 Å². The Kier molecular flexibility index (Phi) is 4.68. The zero-order valence-electron chi connectivity index (χ0n) is 14.5. The highest BCUT2D eigenvalue weighted by molar-refractivity contribution is 6.36. The van der Waals surface area contributed by atoms with Gasteiger partial charge in [0.15, 0.2) is 5.58 Å². The lowest BCUT2D eigenvalue weighted by Crippen LogP contribution is -2.17. The van der Waals surface area contributed by atoms with Gasteiger partial charge in [-0.15, -0.1) is 0 Å². The standard InChI is InChI=1S/C21H16Cl2N2O2/c1-13-2-4-14(5-3-13)12-25-18-8-9-27-20(18)11-19(25)21(26)24-17-7-6-15(22)10-16(17)23/h2-11H,12H2,1H3,(H,24,26). The Hall–Kier alpha value is -2.69. The summed E-state index contributed by atoms with van der Waals surface area (Å²) in [5.74, 6) is -0.266. The fourth-order valence-corrected chi connectivity index (χ4v) is 3.44. The van der Waals surface area contributed by atoms with E-state index in [0.717, 1.165) is 11.1 Å². The van der Waals surface area contributed by atoms with Crippen molar-refractivity contribution < 1.29 is 9.21 Å². The molecule has 0 unspecified atom stereocenters. The number of furan rings is 1. The van der Waals surface area contributed by atoms with Crippen LogP contribution in [0, 0.1) is 6.92 Å². The summed E-state index contributed by atoms with van der Waals surface area (Å²) in [5.41, 5.74) is 4.81. The van der Waals surface area contributed by atoms with Gasteiger partial charge in [0.1, 0.15) is 5.69 Å². The van der Waals surface area contributed by atoms with Gasteiger partial charge in [-0.1, -0.05) is 53.0 Å². The van der Waals surface area contributed by atoms with Crippen LogP contribution >= 0.6 is 23.2 Å². The van der Waals surface area contributed by atoms with Crippen molar-refractivity contribution in [2.24, 2.45) is 0 Å². The van der Waals surface area contributed by atoms with Crippen LogP contribution in [0.5, 0.6) is 0 Å². The number of halogens is 2. The molecular formula is C21H16Cl2N2O2. The van der Waals surface area contributed by atoms with Crippen molar-refractivity contribution in [3.63, 3.8) is 0 Å². The summed E-state index contributed by atoms with van der Waals surface area (Å²) in [7, 11) is 0. The van der Waals surface area contributed by atoms with E-state index in [-0.39, 0.29) is 5.91 Å². The Bertz CT molecular complexity index is 1130. The largest absolute Gasteiger partial charge is 0.463 e. The van der Waals surface area contributed by atoms with Crippen LogP contribution in [0.4, 0.5) is 5.69 Å². The number of amides is 1. The Labute approximate surface area is 166 Å². The van der Waals surface area contributed by atoms with Gasteiger partial charge in [0.2, 0.25) is 0 Å². The van der Waals surface area contributed by atoms with E-state index in [0.29, 0.717) is 33.6 Å². The summed E-state index contributed by atoms with van der Waals surface area (Å²) in [5, 5.41) is 3.75. The fourth-order valence-electron chi connectivity index (χ4n) is 2.99. The number of nitrogens with zero attached hydrogens (tertiary/aromatic N) is 1. The molecule has 0 spiro atoms. The van der Waals surface area contributed by atoms with Crippen molar-refractivity contribution in [1.82, 2.24) is 4.57 Å². The molecule has 4 aromatic rings. The molecule has 0 aliphatic heterocycles. The van der Waals surface area contributed by atoms with Crippen molar-refractivity contribution in [2.75, 3.05) is 5.32 Å². The van der Waals surface area contributed by atoms with Gasteiger partial charge in [0.05, 0.1) is 22.5 Å². The zero-order valence-corrected chi connectivity index (χ0v) is 16.0. The molecule has 27 heavy (non-hydrogen) atoms. The minimum atomic E-state index is -0.266. The quantitative estimate of drug-likeness (QED) is 0.447. The molecule has 4 nitrogen and oxygen atoms in total. The Balaban J connectivity index is 1.69. The molecule has 0 radical (unpaired) electrons. The first-order valence-corrected chi connectivity index (χ1v) is 9.15. The molecule has 0 aliphatic carbocycles. The summed E-state index contributed by atoms with van der Waals surface area (Å²) in [6.07, 6.45) is 1.62. The third kappa shape index (κ3) is 3.59. The van der Waals surface area contributed by atoms with Crippen LogP contribution in [-0.2, 0) is 6.54 Å². The summed E-state index contributed by atoms with van der Waals surface area (Å²) >= 11 is 12.1. The summed E-state index contributed by atoms with van der Waals surface area (Å²) in [6, 6.07) is 16.8. The molecule has 6 heteroatoms. The second kappa shape index (κ2) is 7.14. The molecule has 0 bridgehead atoms. The normalized spacial score (nSPS) is 11.1. The summed E-state index contributed by atoms with van der Waals surface area (Å²) in [4.78, 5) is 12.9. The van der Waals surface area contributed by atoms with Crippen LogP contribution in [0.15, 0.2) is 65.3 Å². The van der Waals surface area contributed by atoms with Crippen molar-refractivity contribution in [3.8, 4) is 0 Å². The number of anilines is 1. The number of nitrogens with one attached hydrogen (secondary N) is 1. The number of hydrogen-bond acceptors (Lipinski definition) is 2. The summed E-state index contributed by atoms with van der Waals surface area (Å²) < 4.78 is 7.42. The first kappa shape index (κ1) is 17.7. The number of fused-ring (bicyclic) bond motifs is 1. The van der Waals surface area contributed by atoms with E-state index in [4.69, 9.17) is 27.6 Å². The number of aryl methyl sites for hydroxylation is 1. The molecular weight excluding hydrogens is 383 g/mol. The molecule has 0 saturated heterocycles. The average molecular weight is 399 g/mol. The average Bonchev–Trinajstić information content (AvgIpc) is 3.22. The SMILES string of the molecule is Cc1ccc(Cn2c(C(=O)Nc3ccc(Cl)cc3Cl)cc3occc32)cc1. The zero-order chi connectivity index (χ0) is 19.0. The highest BCUT2D eigenvalue weighted by atomic mass is 35.5.